The Morgan fingerprint density at radius 3 is 2.80 bits per heavy atom. The third-order valence-electron chi connectivity index (χ3n) is 4.57. The van der Waals surface area contributed by atoms with Gasteiger partial charge in [0.25, 0.3) is 0 Å². The minimum Gasteiger partial charge on any atom is -0.338 e. The van der Waals surface area contributed by atoms with Crippen molar-refractivity contribution in [2.24, 2.45) is 0 Å². The van der Waals surface area contributed by atoms with Crippen LogP contribution in [-0.2, 0) is 17.9 Å². The molecule has 126 valence electrons. The van der Waals surface area contributed by atoms with Gasteiger partial charge in [0.2, 0.25) is 5.91 Å². The maximum absolute atomic E-state index is 12.8. The molecule has 1 amide bonds. The van der Waals surface area contributed by atoms with Gasteiger partial charge in [0, 0.05) is 24.5 Å². The summed E-state index contributed by atoms with van der Waals surface area (Å²) in [5.41, 5.74) is 3.00. The highest BCUT2D eigenvalue weighted by Crippen LogP contribution is 2.16. The summed E-state index contributed by atoms with van der Waals surface area (Å²) in [6.45, 7) is 3.57. The summed E-state index contributed by atoms with van der Waals surface area (Å²) in [4.78, 5) is 19.1. The maximum atomic E-state index is 12.8. The highest BCUT2D eigenvalue weighted by Gasteiger charge is 2.15. The number of carbonyl (C=O) groups excluding carboxylic acids is 1. The molecule has 0 saturated heterocycles. The van der Waals surface area contributed by atoms with Crippen molar-refractivity contribution >= 4 is 22.5 Å². The summed E-state index contributed by atoms with van der Waals surface area (Å²) in [6, 6.07) is 16.1. The van der Waals surface area contributed by atoms with E-state index in [0.29, 0.717) is 19.6 Å². The molecular formula is C20H20N4O. The standard InChI is InChI=1S/C20H20N4O/c1-2-22(14-17-13-21-19-9-5-6-11-24(17)19)20(25)15-23-12-10-16-7-3-4-8-18(16)23/h3-13H,2,14-15H2,1H3. The Hall–Kier alpha value is -3.08. The smallest absolute Gasteiger partial charge is 0.242 e. The molecule has 4 rings (SSSR count). The molecule has 0 aliphatic rings. The fourth-order valence-corrected chi connectivity index (χ4v) is 3.20. The first-order chi connectivity index (χ1) is 12.3. The number of benzene rings is 1. The van der Waals surface area contributed by atoms with Crippen LogP contribution in [0.4, 0.5) is 0 Å². The molecule has 0 radical (unpaired) electrons. The van der Waals surface area contributed by atoms with Crippen molar-refractivity contribution in [2.75, 3.05) is 6.54 Å². The fourth-order valence-electron chi connectivity index (χ4n) is 3.20. The van der Waals surface area contributed by atoms with Gasteiger partial charge in [-0.05, 0) is 36.6 Å². The van der Waals surface area contributed by atoms with Gasteiger partial charge in [-0.3, -0.25) is 4.79 Å². The highest BCUT2D eigenvalue weighted by molar-refractivity contribution is 5.83. The number of pyridine rings is 1. The van der Waals surface area contributed by atoms with Crippen LogP contribution in [0.2, 0.25) is 0 Å². The van der Waals surface area contributed by atoms with Crippen LogP contribution < -0.4 is 0 Å². The van der Waals surface area contributed by atoms with E-state index in [1.165, 1.54) is 0 Å². The first-order valence-electron chi connectivity index (χ1n) is 8.49. The molecule has 0 aliphatic heterocycles. The summed E-state index contributed by atoms with van der Waals surface area (Å²) < 4.78 is 4.04. The molecular weight excluding hydrogens is 312 g/mol. The van der Waals surface area contributed by atoms with Crippen LogP contribution in [0.25, 0.3) is 16.6 Å². The number of likely N-dealkylation sites (N-methyl/N-ethyl adjacent to an activating group) is 1. The number of nitrogens with zero attached hydrogens (tertiary/aromatic N) is 4. The van der Waals surface area contributed by atoms with Gasteiger partial charge in [-0.2, -0.15) is 0 Å². The number of rotatable bonds is 5. The molecule has 5 heteroatoms. The zero-order valence-corrected chi connectivity index (χ0v) is 14.2. The molecule has 0 atom stereocenters. The van der Waals surface area contributed by atoms with Crippen molar-refractivity contribution in [2.45, 2.75) is 20.0 Å². The lowest BCUT2D eigenvalue weighted by molar-refractivity contribution is -0.132. The van der Waals surface area contributed by atoms with Crippen LogP contribution in [0.3, 0.4) is 0 Å². The Labute approximate surface area is 146 Å². The third-order valence-corrected chi connectivity index (χ3v) is 4.57. The predicted octanol–water partition coefficient (Wildman–Crippen LogP) is 3.34. The molecule has 0 spiro atoms. The third kappa shape index (κ3) is 2.89. The predicted molar refractivity (Wildman–Crippen MR) is 98.2 cm³/mol. The van der Waals surface area contributed by atoms with Crippen molar-refractivity contribution in [1.29, 1.82) is 0 Å². The van der Waals surface area contributed by atoms with Crippen molar-refractivity contribution in [1.82, 2.24) is 18.9 Å². The number of imidazole rings is 1. The summed E-state index contributed by atoms with van der Waals surface area (Å²) in [5.74, 6) is 0.106. The van der Waals surface area contributed by atoms with E-state index in [0.717, 1.165) is 22.2 Å². The summed E-state index contributed by atoms with van der Waals surface area (Å²) in [7, 11) is 0. The SMILES string of the molecule is CCN(Cc1cnc2ccccn12)C(=O)Cn1ccc2ccccc21. The Bertz CT molecular complexity index is 1030. The molecule has 5 nitrogen and oxygen atoms in total. The van der Waals surface area contributed by atoms with Crippen LogP contribution in [0.1, 0.15) is 12.6 Å². The van der Waals surface area contributed by atoms with E-state index in [4.69, 9.17) is 0 Å². The Kier molecular flexibility index (Phi) is 3.98. The molecule has 1 aromatic carbocycles. The van der Waals surface area contributed by atoms with E-state index in [1.807, 2.05) is 81.8 Å². The second kappa shape index (κ2) is 6.43. The highest BCUT2D eigenvalue weighted by atomic mass is 16.2. The Balaban J connectivity index is 1.55. The van der Waals surface area contributed by atoms with E-state index in [2.05, 4.69) is 11.1 Å². The molecule has 0 saturated carbocycles. The number of hydrogen-bond donors (Lipinski definition) is 0. The van der Waals surface area contributed by atoms with E-state index in [1.54, 1.807) is 0 Å². The molecule has 0 fully saturated rings. The Morgan fingerprint density at radius 1 is 1.08 bits per heavy atom. The van der Waals surface area contributed by atoms with E-state index in [-0.39, 0.29) is 5.91 Å². The minimum absolute atomic E-state index is 0.106. The minimum atomic E-state index is 0.106. The van der Waals surface area contributed by atoms with Gasteiger partial charge in [-0.15, -0.1) is 0 Å². The van der Waals surface area contributed by atoms with Crippen LogP contribution in [0, 0.1) is 0 Å². The maximum Gasteiger partial charge on any atom is 0.242 e. The molecule has 3 aromatic heterocycles. The lowest BCUT2D eigenvalue weighted by Crippen LogP contribution is -2.33. The monoisotopic (exact) mass is 332 g/mol. The molecule has 25 heavy (non-hydrogen) atoms. The first kappa shape index (κ1) is 15.4. The van der Waals surface area contributed by atoms with Crippen LogP contribution in [0.5, 0.6) is 0 Å². The van der Waals surface area contributed by atoms with Crippen LogP contribution in [-0.4, -0.2) is 31.3 Å². The number of fused-ring (bicyclic) bond motifs is 2. The number of hydrogen-bond acceptors (Lipinski definition) is 2. The van der Waals surface area contributed by atoms with Crippen molar-refractivity contribution < 1.29 is 4.79 Å². The van der Waals surface area contributed by atoms with Crippen molar-refractivity contribution in [3.63, 3.8) is 0 Å². The lowest BCUT2D eigenvalue weighted by Gasteiger charge is -2.21. The second-order valence-corrected chi connectivity index (χ2v) is 6.09. The number of aromatic nitrogens is 3. The molecule has 0 aliphatic carbocycles. The molecule has 0 N–H and O–H groups in total. The molecule has 0 bridgehead atoms. The number of carbonyl (C=O) groups is 1. The van der Waals surface area contributed by atoms with Crippen LogP contribution >= 0.6 is 0 Å². The summed E-state index contributed by atoms with van der Waals surface area (Å²) in [6.07, 6.45) is 5.80. The lowest BCUT2D eigenvalue weighted by atomic mass is 10.2. The average Bonchev–Trinajstić information content (AvgIpc) is 3.24. The van der Waals surface area contributed by atoms with E-state index in [9.17, 15) is 4.79 Å². The summed E-state index contributed by atoms with van der Waals surface area (Å²) in [5, 5.41) is 1.15. The number of para-hydroxylation sites is 1. The quantitative estimate of drug-likeness (QED) is 0.562. The molecule has 3 heterocycles. The van der Waals surface area contributed by atoms with Gasteiger partial charge in [-0.1, -0.05) is 24.3 Å². The van der Waals surface area contributed by atoms with E-state index >= 15 is 0 Å². The summed E-state index contributed by atoms with van der Waals surface area (Å²) >= 11 is 0. The van der Waals surface area contributed by atoms with Gasteiger partial charge in [-0.25, -0.2) is 4.98 Å². The van der Waals surface area contributed by atoms with E-state index < -0.39 is 0 Å². The zero-order valence-electron chi connectivity index (χ0n) is 14.2. The Morgan fingerprint density at radius 2 is 1.92 bits per heavy atom. The topological polar surface area (TPSA) is 42.5 Å². The van der Waals surface area contributed by atoms with Gasteiger partial charge in [0.05, 0.1) is 18.4 Å². The molecule has 4 aromatic rings. The number of amides is 1. The van der Waals surface area contributed by atoms with Gasteiger partial charge < -0.3 is 13.9 Å². The second-order valence-electron chi connectivity index (χ2n) is 6.09. The fraction of sp³-hybridized carbons (Fsp3) is 0.200. The van der Waals surface area contributed by atoms with Gasteiger partial charge in [0.1, 0.15) is 12.2 Å². The normalized spacial score (nSPS) is 11.2. The first-order valence-corrected chi connectivity index (χ1v) is 8.49. The van der Waals surface area contributed by atoms with Crippen LogP contribution in [0.15, 0.2) is 67.1 Å². The van der Waals surface area contributed by atoms with Gasteiger partial charge >= 0.3 is 0 Å². The zero-order chi connectivity index (χ0) is 17.2. The molecule has 0 unspecified atom stereocenters. The van der Waals surface area contributed by atoms with Crippen molar-refractivity contribution in [3.8, 4) is 0 Å². The van der Waals surface area contributed by atoms with Crippen molar-refractivity contribution in [3.05, 3.63) is 72.8 Å². The van der Waals surface area contributed by atoms with Gasteiger partial charge in [0.15, 0.2) is 0 Å². The average molecular weight is 332 g/mol. The largest absolute Gasteiger partial charge is 0.338 e.